The molecule has 0 N–H and O–H groups in total. The van der Waals surface area contributed by atoms with Gasteiger partial charge in [-0.25, -0.2) is 4.79 Å². The van der Waals surface area contributed by atoms with E-state index in [0.29, 0.717) is 30.8 Å². The molecule has 10 nitrogen and oxygen atoms in total. The molecule has 0 spiro atoms. The van der Waals surface area contributed by atoms with Gasteiger partial charge in [-0.15, -0.1) is 0 Å². The largest absolute Gasteiger partial charge is 0.462 e. The Morgan fingerprint density at radius 3 is 2.50 bits per heavy atom. The minimum absolute atomic E-state index is 0.0764. The van der Waals surface area contributed by atoms with Gasteiger partial charge in [-0.3, -0.25) is 14.4 Å². The molecule has 216 valence electrons. The van der Waals surface area contributed by atoms with E-state index in [1.807, 2.05) is 13.8 Å². The molecule has 3 aliphatic carbocycles. The van der Waals surface area contributed by atoms with Crippen LogP contribution in [0.1, 0.15) is 63.7 Å². The van der Waals surface area contributed by atoms with E-state index in [1.54, 1.807) is 25.3 Å². The maximum atomic E-state index is 14.3. The van der Waals surface area contributed by atoms with Crippen molar-refractivity contribution in [3.8, 4) is 11.5 Å². The monoisotopic (exact) mass is 556 g/mol. The Labute approximate surface area is 232 Å². The molecule has 0 bridgehead atoms. The van der Waals surface area contributed by atoms with Crippen LogP contribution in [-0.2, 0) is 33.3 Å². The van der Waals surface area contributed by atoms with Crippen molar-refractivity contribution in [3.63, 3.8) is 0 Å². The molecule has 0 radical (unpaired) electrons. The highest BCUT2D eigenvalue weighted by molar-refractivity contribution is 5.93. The molecule has 3 saturated carbocycles. The third kappa shape index (κ3) is 3.78. The first-order valence-electron chi connectivity index (χ1n) is 14.0. The number of Topliss-reactive ketones (excluding diaryl/α,β-unsaturated/α-hetero) is 1. The van der Waals surface area contributed by atoms with Gasteiger partial charge in [0, 0.05) is 37.2 Å². The first kappa shape index (κ1) is 27.1. The van der Waals surface area contributed by atoms with Crippen LogP contribution in [0.25, 0.3) is 0 Å². The zero-order valence-electron chi connectivity index (χ0n) is 23.5. The van der Waals surface area contributed by atoms with E-state index in [2.05, 4.69) is 6.92 Å². The van der Waals surface area contributed by atoms with Gasteiger partial charge in [0.1, 0.15) is 12.2 Å². The van der Waals surface area contributed by atoms with Gasteiger partial charge < -0.3 is 28.4 Å². The molecule has 6 rings (SSSR count). The summed E-state index contributed by atoms with van der Waals surface area (Å²) in [6, 6.07) is 4.87. The molecule has 2 heterocycles. The normalized spacial score (nSPS) is 41.3. The van der Waals surface area contributed by atoms with Gasteiger partial charge in [-0.2, -0.15) is 0 Å². The lowest BCUT2D eigenvalue weighted by molar-refractivity contribution is -0.281. The number of benzene rings is 1. The van der Waals surface area contributed by atoms with Crippen molar-refractivity contribution in [1.29, 1.82) is 0 Å². The number of rotatable bonds is 4. The fourth-order valence-electron chi connectivity index (χ4n) is 8.89. The molecule has 10 atom stereocenters. The quantitative estimate of drug-likeness (QED) is 0.402. The van der Waals surface area contributed by atoms with Gasteiger partial charge in [0.15, 0.2) is 23.4 Å². The topological polar surface area (TPSA) is 124 Å². The highest BCUT2D eigenvalue weighted by Crippen LogP contribution is 2.68. The van der Waals surface area contributed by atoms with Gasteiger partial charge in [0.2, 0.25) is 6.79 Å². The van der Waals surface area contributed by atoms with Crippen molar-refractivity contribution in [1.82, 2.24) is 0 Å². The maximum absolute atomic E-state index is 14.3. The van der Waals surface area contributed by atoms with Crippen molar-refractivity contribution in [2.45, 2.75) is 77.8 Å². The third-order valence-electron chi connectivity index (χ3n) is 10.7. The van der Waals surface area contributed by atoms with Crippen LogP contribution in [0.15, 0.2) is 18.2 Å². The SMILES string of the molecule is CO[C@H]1[C@H](C)[C@@H]2CC(=O)O[C@@H]3C[C@H]4CC[C@H](OC(C)=O)C(=O)[C@]4(C)C([C@@H]1OC(=O)c1ccc4c(c1)OCO4)[C@@]32C. The van der Waals surface area contributed by atoms with E-state index in [1.165, 1.54) is 6.92 Å². The number of fused-ring (bicyclic) bond motifs is 3. The predicted molar refractivity (Wildman–Crippen MR) is 137 cm³/mol. The molecule has 1 aromatic rings. The first-order chi connectivity index (χ1) is 19.0. The van der Waals surface area contributed by atoms with E-state index in [9.17, 15) is 19.2 Å². The molecule has 0 aromatic heterocycles. The Morgan fingerprint density at radius 1 is 1.02 bits per heavy atom. The summed E-state index contributed by atoms with van der Waals surface area (Å²) in [5.74, 6) is -1.54. The van der Waals surface area contributed by atoms with Crippen molar-refractivity contribution in [2.75, 3.05) is 13.9 Å². The number of hydrogen-bond acceptors (Lipinski definition) is 10. The molecule has 1 unspecified atom stereocenters. The van der Waals surface area contributed by atoms with Crippen LogP contribution in [0.2, 0.25) is 0 Å². The lowest BCUT2D eigenvalue weighted by Crippen LogP contribution is -2.74. The summed E-state index contributed by atoms with van der Waals surface area (Å²) in [6.07, 6.45) is -0.996. The number of hydrogen-bond donors (Lipinski definition) is 0. The van der Waals surface area contributed by atoms with Gasteiger partial charge in [0.05, 0.1) is 11.7 Å². The second-order valence-corrected chi connectivity index (χ2v) is 12.4. The van der Waals surface area contributed by atoms with Crippen LogP contribution in [0, 0.1) is 34.5 Å². The Kier molecular flexibility index (Phi) is 6.40. The Morgan fingerprint density at radius 2 is 1.77 bits per heavy atom. The summed E-state index contributed by atoms with van der Waals surface area (Å²) < 4.78 is 34.7. The molecule has 10 heteroatoms. The van der Waals surface area contributed by atoms with Crippen LogP contribution < -0.4 is 9.47 Å². The molecule has 2 aliphatic heterocycles. The van der Waals surface area contributed by atoms with E-state index in [0.717, 1.165) is 0 Å². The summed E-state index contributed by atoms with van der Waals surface area (Å²) in [6.45, 7) is 7.37. The Bertz CT molecular complexity index is 1260. The molecule has 40 heavy (non-hydrogen) atoms. The first-order valence-corrected chi connectivity index (χ1v) is 14.0. The highest BCUT2D eigenvalue weighted by Gasteiger charge is 2.74. The Hall–Kier alpha value is -3.14. The number of ether oxygens (including phenoxy) is 6. The zero-order valence-corrected chi connectivity index (χ0v) is 23.5. The smallest absolute Gasteiger partial charge is 0.338 e. The van der Waals surface area contributed by atoms with Crippen molar-refractivity contribution in [2.24, 2.45) is 34.5 Å². The van der Waals surface area contributed by atoms with Gasteiger partial charge in [-0.05, 0) is 55.2 Å². The van der Waals surface area contributed by atoms with Crippen molar-refractivity contribution in [3.05, 3.63) is 23.8 Å². The number of esters is 3. The highest BCUT2D eigenvalue weighted by atomic mass is 16.7. The summed E-state index contributed by atoms with van der Waals surface area (Å²) in [5, 5.41) is 0. The molecule has 1 aromatic carbocycles. The van der Waals surface area contributed by atoms with Crippen LogP contribution >= 0.6 is 0 Å². The van der Waals surface area contributed by atoms with Gasteiger partial charge >= 0.3 is 17.9 Å². The zero-order chi connectivity index (χ0) is 28.6. The lowest BCUT2D eigenvalue weighted by atomic mass is 9.38. The summed E-state index contributed by atoms with van der Waals surface area (Å²) in [7, 11) is 1.57. The Balaban J connectivity index is 1.45. The summed E-state index contributed by atoms with van der Waals surface area (Å²) >= 11 is 0. The fraction of sp³-hybridized carbons (Fsp3) is 0.667. The van der Waals surface area contributed by atoms with E-state index in [-0.39, 0.29) is 48.3 Å². The maximum Gasteiger partial charge on any atom is 0.338 e. The third-order valence-corrected chi connectivity index (χ3v) is 10.7. The molecule has 0 amide bonds. The minimum atomic E-state index is -1.01. The van der Waals surface area contributed by atoms with E-state index >= 15 is 0 Å². The number of carbonyl (C=O) groups is 4. The van der Waals surface area contributed by atoms with Crippen LogP contribution in [-0.4, -0.2) is 62.0 Å². The summed E-state index contributed by atoms with van der Waals surface area (Å²) in [5.41, 5.74) is -1.40. The van der Waals surface area contributed by atoms with Crippen LogP contribution in [0.4, 0.5) is 0 Å². The van der Waals surface area contributed by atoms with Gasteiger partial charge in [-0.1, -0.05) is 20.8 Å². The van der Waals surface area contributed by atoms with E-state index in [4.69, 9.17) is 28.4 Å². The van der Waals surface area contributed by atoms with E-state index < -0.39 is 53.1 Å². The van der Waals surface area contributed by atoms with Gasteiger partial charge in [0.25, 0.3) is 0 Å². The molecule has 4 fully saturated rings. The van der Waals surface area contributed by atoms with Crippen molar-refractivity contribution < 1.29 is 47.6 Å². The standard InChI is InChI=1S/C30H36O10/c1-14-18-12-23(32)39-22-11-17-7-9-20(38-15(2)31)27(33)29(17,3)26(30(18,22)4)25(24(14)35-5)40-28(34)16-6-8-19-21(10-16)37-13-36-19/h6,8,10,14,17-18,20,22,24-26H,7,9,11-13H2,1-5H3/t14-,17-,18+,20+,22-,24+,25-,26?,29+,30-/m1/s1. The molecular formula is C30H36O10. The van der Waals surface area contributed by atoms with Crippen LogP contribution in [0.3, 0.4) is 0 Å². The number of carbonyl (C=O) groups excluding carboxylic acids is 4. The number of ketones is 1. The molecule has 5 aliphatic rings. The van der Waals surface area contributed by atoms with Crippen molar-refractivity contribution >= 4 is 23.7 Å². The lowest BCUT2D eigenvalue weighted by Gasteiger charge is -2.68. The fourth-order valence-corrected chi connectivity index (χ4v) is 8.89. The second kappa shape index (κ2) is 9.46. The average Bonchev–Trinajstić information content (AvgIpc) is 3.37. The minimum Gasteiger partial charge on any atom is -0.462 e. The molecular weight excluding hydrogens is 520 g/mol. The predicted octanol–water partition coefficient (Wildman–Crippen LogP) is 3.48. The second-order valence-electron chi connectivity index (χ2n) is 12.4. The van der Waals surface area contributed by atoms with Crippen LogP contribution in [0.5, 0.6) is 11.5 Å². The summed E-state index contributed by atoms with van der Waals surface area (Å²) in [4.78, 5) is 52.7. The number of methoxy groups -OCH3 is 1. The molecule has 1 saturated heterocycles. The average molecular weight is 557 g/mol.